The number of aromatic nitrogens is 1. The first kappa shape index (κ1) is 13.5. The number of amides is 1. The molecule has 0 aromatic carbocycles. The number of anilines is 2. The molecule has 1 fully saturated rings. The van der Waals surface area contributed by atoms with Gasteiger partial charge in [-0.05, 0) is 0 Å². The van der Waals surface area contributed by atoms with Crippen molar-refractivity contribution < 1.29 is 13.6 Å². The highest BCUT2D eigenvalue weighted by Gasteiger charge is 2.23. The van der Waals surface area contributed by atoms with Gasteiger partial charge in [0.25, 0.3) is 0 Å². The van der Waals surface area contributed by atoms with E-state index < -0.39 is 11.6 Å². The number of rotatable bonds is 2. The first-order valence-corrected chi connectivity index (χ1v) is 5.86. The van der Waals surface area contributed by atoms with Crippen molar-refractivity contribution in [2.24, 2.45) is 5.84 Å². The van der Waals surface area contributed by atoms with Crippen molar-refractivity contribution in [3.8, 4) is 0 Å². The van der Waals surface area contributed by atoms with E-state index in [1.165, 1.54) is 6.92 Å². The van der Waals surface area contributed by atoms with E-state index in [1.54, 1.807) is 9.80 Å². The number of hydrogen-bond donors (Lipinski definition) is 2. The summed E-state index contributed by atoms with van der Waals surface area (Å²) in [6.45, 7) is 3.35. The second kappa shape index (κ2) is 5.35. The number of pyridine rings is 1. The Balaban J connectivity index is 2.17. The number of hydrogen-bond acceptors (Lipinski definition) is 5. The molecule has 1 aromatic rings. The largest absolute Gasteiger partial charge is 0.351 e. The second-order valence-electron chi connectivity index (χ2n) is 4.26. The quantitative estimate of drug-likeness (QED) is 0.598. The van der Waals surface area contributed by atoms with Crippen LogP contribution in [0.5, 0.6) is 0 Å². The lowest BCUT2D eigenvalue weighted by molar-refractivity contribution is -0.129. The van der Waals surface area contributed by atoms with Crippen molar-refractivity contribution in [3.05, 3.63) is 17.7 Å². The third-order valence-corrected chi connectivity index (χ3v) is 3.07. The normalized spacial score (nSPS) is 15.6. The van der Waals surface area contributed by atoms with Gasteiger partial charge in [0.15, 0.2) is 23.3 Å². The number of nitrogens with zero attached hydrogens (tertiary/aromatic N) is 3. The minimum absolute atomic E-state index is 0.0171. The number of nitrogens with two attached hydrogens (primary N) is 1. The molecule has 0 aliphatic carbocycles. The van der Waals surface area contributed by atoms with Gasteiger partial charge in [-0.1, -0.05) is 0 Å². The van der Waals surface area contributed by atoms with Gasteiger partial charge in [0, 0.05) is 39.2 Å². The number of carbonyl (C=O) groups is 1. The lowest BCUT2D eigenvalue weighted by atomic mass is 10.3. The predicted molar refractivity (Wildman–Crippen MR) is 66.4 cm³/mol. The Bertz CT molecular complexity index is 488. The third kappa shape index (κ3) is 2.73. The first-order chi connectivity index (χ1) is 9.02. The van der Waals surface area contributed by atoms with Crippen LogP contribution >= 0.6 is 0 Å². The first-order valence-electron chi connectivity index (χ1n) is 5.86. The second-order valence-corrected chi connectivity index (χ2v) is 4.26. The molecule has 0 atom stereocenters. The molecule has 1 amide bonds. The Morgan fingerprint density at radius 1 is 1.32 bits per heavy atom. The van der Waals surface area contributed by atoms with Gasteiger partial charge < -0.3 is 15.2 Å². The molecular formula is C11H15F2N5O. The van der Waals surface area contributed by atoms with Crippen LogP contribution in [0.4, 0.5) is 20.4 Å². The van der Waals surface area contributed by atoms with Crippen LogP contribution < -0.4 is 16.2 Å². The lowest BCUT2D eigenvalue weighted by Gasteiger charge is -2.35. The van der Waals surface area contributed by atoms with Crippen LogP contribution in [0, 0.1) is 11.6 Å². The maximum absolute atomic E-state index is 13.7. The van der Waals surface area contributed by atoms with Gasteiger partial charge >= 0.3 is 0 Å². The summed E-state index contributed by atoms with van der Waals surface area (Å²) < 4.78 is 27.0. The SMILES string of the molecule is CC(=O)N1CCN(c2nc(NN)c(F)cc2F)CC1. The van der Waals surface area contributed by atoms with Crippen molar-refractivity contribution in [3.63, 3.8) is 0 Å². The smallest absolute Gasteiger partial charge is 0.219 e. The summed E-state index contributed by atoms with van der Waals surface area (Å²) in [6, 6.07) is 0.745. The summed E-state index contributed by atoms with van der Waals surface area (Å²) in [5.74, 6) is 3.35. The maximum atomic E-state index is 13.7. The van der Waals surface area contributed by atoms with Crippen LogP contribution in [0.1, 0.15) is 6.92 Å². The van der Waals surface area contributed by atoms with Crippen LogP contribution in [-0.2, 0) is 4.79 Å². The molecule has 0 radical (unpaired) electrons. The zero-order chi connectivity index (χ0) is 14.0. The third-order valence-electron chi connectivity index (χ3n) is 3.07. The summed E-state index contributed by atoms with van der Waals surface area (Å²) in [7, 11) is 0. The molecule has 3 N–H and O–H groups in total. The Morgan fingerprint density at radius 3 is 2.47 bits per heavy atom. The number of carbonyl (C=O) groups excluding carboxylic acids is 1. The molecule has 104 valence electrons. The number of nitrogen functional groups attached to an aromatic ring is 1. The molecule has 1 aliphatic rings. The van der Waals surface area contributed by atoms with E-state index in [0.717, 1.165) is 6.07 Å². The van der Waals surface area contributed by atoms with E-state index in [9.17, 15) is 13.6 Å². The van der Waals surface area contributed by atoms with Crippen molar-refractivity contribution in [2.45, 2.75) is 6.92 Å². The molecule has 0 unspecified atom stereocenters. The van der Waals surface area contributed by atoms with E-state index >= 15 is 0 Å². The van der Waals surface area contributed by atoms with Crippen molar-refractivity contribution in [1.29, 1.82) is 0 Å². The van der Waals surface area contributed by atoms with Crippen LogP contribution in [-0.4, -0.2) is 42.0 Å². The lowest BCUT2D eigenvalue weighted by Crippen LogP contribution is -2.48. The predicted octanol–water partition coefficient (Wildman–Crippen LogP) is 0.314. The fourth-order valence-corrected chi connectivity index (χ4v) is 2.01. The Kier molecular flexibility index (Phi) is 3.79. The van der Waals surface area contributed by atoms with Gasteiger partial charge in [-0.2, -0.15) is 0 Å². The zero-order valence-electron chi connectivity index (χ0n) is 10.5. The summed E-state index contributed by atoms with van der Waals surface area (Å²) in [4.78, 5) is 18.3. The van der Waals surface area contributed by atoms with Gasteiger partial charge in [0.2, 0.25) is 5.91 Å². The molecule has 6 nitrogen and oxygen atoms in total. The molecule has 19 heavy (non-hydrogen) atoms. The van der Waals surface area contributed by atoms with Gasteiger partial charge in [0.1, 0.15) is 0 Å². The zero-order valence-corrected chi connectivity index (χ0v) is 10.5. The van der Waals surface area contributed by atoms with E-state index in [-0.39, 0.29) is 17.5 Å². The van der Waals surface area contributed by atoms with Gasteiger partial charge in [-0.15, -0.1) is 0 Å². The van der Waals surface area contributed by atoms with E-state index in [0.29, 0.717) is 26.2 Å². The van der Waals surface area contributed by atoms with Crippen molar-refractivity contribution >= 4 is 17.5 Å². The van der Waals surface area contributed by atoms with Crippen molar-refractivity contribution in [1.82, 2.24) is 9.88 Å². The summed E-state index contributed by atoms with van der Waals surface area (Å²) in [5, 5.41) is 0. The number of nitrogens with one attached hydrogen (secondary N) is 1. The Labute approximate surface area is 109 Å². The number of piperazine rings is 1. The highest BCUT2D eigenvalue weighted by molar-refractivity contribution is 5.73. The topological polar surface area (TPSA) is 74.5 Å². The minimum Gasteiger partial charge on any atom is -0.351 e. The van der Waals surface area contributed by atoms with Gasteiger partial charge in [0.05, 0.1) is 0 Å². The number of halogens is 2. The van der Waals surface area contributed by atoms with Gasteiger partial charge in [-0.25, -0.2) is 19.6 Å². The summed E-state index contributed by atoms with van der Waals surface area (Å²) in [6.07, 6.45) is 0. The maximum Gasteiger partial charge on any atom is 0.219 e. The average Bonchev–Trinajstić information content (AvgIpc) is 2.39. The fourth-order valence-electron chi connectivity index (χ4n) is 2.01. The van der Waals surface area contributed by atoms with Gasteiger partial charge in [-0.3, -0.25) is 4.79 Å². The van der Waals surface area contributed by atoms with E-state index in [4.69, 9.17) is 5.84 Å². The van der Waals surface area contributed by atoms with Crippen molar-refractivity contribution in [2.75, 3.05) is 36.5 Å². The Hall–Kier alpha value is -1.96. The minimum atomic E-state index is -0.842. The molecule has 1 aromatic heterocycles. The van der Waals surface area contributed by atoms with Crippen LogP contribution in [0.15, 0.2) is 6.07 Å². The monoisotopic (exact) mass is 271 g/mol. The summed E-state index contributed by atoms with van der Waals surface area (Å²) >= 11 is 0. The molecular weight excluding hydrogens is 256 g/mol. The standard InChI is InChI=1S/C11H15F2N5O/c1-7(19)17-2-4-18(5-3-17)11-9(13)6-8(12)10(15-11)16-14/h6H,2-5,14H2,1H3,(H,15,16). The molecule has 1 saturated heterocycles. The molecule has 0 bridgehead atoms. The number of hydrazine groups is 1. The molecule has 0 spiro atoms. The molecule has 0 saturated carbocycles. The van der Waals surface area contributed by atoms with Crippen LogP contribution in [0.2, 0.25) is 0 Å². The highest BCUT2D eigenvalue weighted by Crippen LogP contribution is 2.22. The Morgan fingerprint density at radius 2 is 1.95 bits per heavy atom. The molecule has 2 rings (SSSR count). The molecule has 1 aliphatic heterocycles. The van der Waals surface area contributed by atoms with Crippen LogP contribution in [0.25, 0.3) is 0 Å². The highest BCUT2D eigenvalue weighted by atomic mass is 19.1. The fraction of sp³-hybridized carbons (Fsp3) is 0.455. The van der Waals surface area contributed by atoms with E-state index in [1.807, 2.05) is 0 Å². The molecule has 8 heteroatoms. The van der Waals surface area contributed by atoms with Crippen LogP contribution in [0.3, 0.4) is 0 Å². The van der Waals surface area contributed by atoms with E-state index in [2.05, 4.69) is 10.4 Å². The average molecular weight is 271 g/mol. The summed E-state index contributed by atoms with van der Waals surface area (Å²) in [5.41, 5.74) is 2.08. The molecule has 2 heterocycles.